The molecule has 34 heavy (non-hydrogen) atoms. The SMILES string of the molecule is Cc1cc(-c2csc3nc(=O)c(Cc4ccccc4)nn23)ccc1OCC(=O)N1CCCCC1. The molecule has 0 atom stereocenters. The Bertz CT molecular complexity index is 1370. The second-order valence-corrected chi connectivity index (χ2v) is 9.39. The molecule has 0 spiro atoms. The van der Waals surface area contributed by atoms with Crippen LogP contribution in [0.1, 0.15) is 36.1 Å². The zero-order valence-corrected chi connectivity index (χ0v) is 19.9. The van der Waals surface area contributed by atoms with Crippen molar-refractivity contribution in [1.82, 2.24) is 19.5 Å². The number of aromatic nitrogens is 3. The van der Waals surface area contributed by atoms with Gasteiger partial charge in [-0.15, -0.1) is 11.3 Å². The average Bonchev–Trinajstić information content (AvgIpc) is 3.27. The molecule has 3 heterocycles. The van der Waals surface area contributed by atoms with Crippen molar-refractivity contribution in [2.24, 2.45) is 0 Å². The van der Waals surface area contributed by atoms with Gasteiger partial charge in [0.2, 0.25) is 4.96 Å². The molecular formula is C26H26N4O3S. The van der Waals surface area contributed by atoms with Crippen LogP contribution in [-0.2, 0) is 11.2 Å². The quantitative estimate of drug-likeness (QED) is 0.420. The summed E-state index contributed by atoms with van der Waals surface area (Å²) in [5.41, 5.74) is 3.87. The van der Waals surface area contributed by atoms with E-state index < -0.39 is 0 Å². The monoisotopic (exact) mass is 474 g/mol. The molecule has 174 valence electrons. The van der Waals surface area contributed by atoms with E-state index in [0.717, 1.165) is 48.3 Å². The molecule has 7 nitrogen and oxygen atoms in total. The summed E-state index contributed by atoms with van der Waals surface area (Å²) in [5, 5.41) is 6.60. The number of fused-ring (bicyclic) bond motifs is 1. The molecule has 1 amide bonds. The van der Waals surface area contributed by atoms with E-state index in [9.17, 15) is 9.59 Å². The van der Waals surface area contributed by atoms with Crippen LogP contribution in [0.25, 0.3) is 16.2 Å². The molecule has 0 unspecified atom stereocenters. The summed E-state index contributed by atoms with van der Waals surface area (Å²) in [6, 6.07) is 15.6. The van der Waals surface area contributed by atoms with Gasteiger partial charge in [-0.3, -0.25) is 9.59 Å². The summed E-state index contributed by atoms with van der Waals surface area (Å²) in [5.74, 6) is 0.730. The maximum absolute atomic E-state index is 12.5. The van der Waals surface area contributed by atoms with E-state index in [1.165, 1.54) is 17.8 Å². The molecule has 8 heteroatoms. The fraction of sp³-hybridized carbons (Fsp3) is 0.308. The van der Waals surface area contributed by atoms with Crippen LogP contribution in [-0.4, -0.2) is 45.1 Å². The Balaban J connectivity index is 1.37. The Labute approximate surface area is 201 Å². The normalized spacial score (nSPS) is 13.9. The third-order valence-electron chi connectivity index (χ3n) is 6.10. The molecule has 0 saturated carbocycles. The van der Waals surface area contributed by atoms with Gasteiger partial charge >= 0.3 is 0 Å². The second-order valence-electron chi connectivity index (χ2n) is 8.55. The van der Waals surface area contributed by atoms with Crippen molar-refractivity contribution >= 4 is 22.2 Å². The molecule has 0 N–H and O–H groups in total. The van der Waals surface area contributed by atoms with Gasteiger partial charge in [-0.25, -0.2) is 4.52 Å². The molecule has 0 radical (unpaired) electrons. The number of carbonyl (C=O) groups excluding carboxylic acids is 1. The highest BCUT2D eigenvalue weighted by atomic mass is 32.1. The Morgan fingerprint density at radius 1 is 1.09 bits per heavy atom. The van der Waals surface area contributed by atoms with Crippen molar-refractivity contribution in [3.63, 3.8) is 0 Å². The summed E-state index contributed by atoms with van der Waals surface area (Å²) in [6.45, 7) is 3.66. The molecule has 2 aromatic heterocycles. The molecule has 1 aliphatic rings. The Hall–Kier alpha value is -3.52. The average molecular weight is 475 g/mol. The van der Waals surface area contributed by atoms with Gasteiger partial charge < -0.3 is 9.64 Å². The number of nitrogens with zero attached hydrogens (tertiary/aromatic N) is 4. The van der Waals surface area contributed by atoms with E-state index in [1.54, 1.807) is 4.52 Å². The smallest absolute Gasteiger partial charge is 0.296 e. The van der Waals surface area contributed by atoms with Gasteiger partial charge in [0.25, 0.3) is 11.5 Å². The van der Waals surface area contributed by atoms with Crippen LogP contribution in [0.3, 0.4) is 0 Å². The number of rotatable bonds is 6. The Kier molecular flexibility index (Phi) is 6.40. The fourth-order valence-corrected chi connectivity index (χ4v) is 5.06. The molecule has 2 aromatic carbocycles. The first kappa shape index (κ1) is 22.3. The lowest BCUT2D eigenvalue weighted by molar-refractivity contribution is -0.134. The van der Waals surface area contributed by atoms with Gasteiger partial charge in [0, 0.05) is 30.5 Å². The zero-order valence-electron chi connectivity index (χ0n) is 19.1. The topological polar surface area (TPSA) is 76.8 Å². The second kappa shape index (κ2) is 9.77. The van der Waals surface area contributed by atoms with Crippen molar-refractivity contribution in [2.75, 3.05) is 19.7 Å². The van der Waals surface area contributed by atoms with Crippen LogP contribution < -0.4 is 10.3 Å². The first-order valence-electron chi connectivity index (χ1n) is 11.5. The zero-order chi connectivity index (χ0) is 23.5. The summed E-state index contributed by atoms with van der Waals surface area (Å²) in [4.78, 5) is 31.6. The van der Waals surface area contributed by atoms with Crippen LogP contribution in [0, 0.1) is 6.92 Å². The predicted molar refractivity (Wildman–Crippen MR) is 132 cm³/mol. The lowest BCUT2D eigenvalue weighted by atomic mass is 10.1. The molecule has 5 rings (SSSR count). The molecule has 0 aliphatic carbocycles. The number of carbonyl (C=O) groups is 1. The largest absolute Gasteiger partial charge is 0.483 e. The van der Waals surface area contributed by atoms with Crippen LogP contribution >= 0.6 is 11.3 Å². The summed E-state index contributed by atoms with van der Waals surface area (Å²) in [7, 11) is 0. The molecule has 1 aliphatic heterocycles. The fourth-order valence-electron chi connectivity index (χ4n) is 4.23. The number of ether oxygens (including phenoxy) is 1. The van der Waals surface area contributed by atoms with Gasteiger partial charge in [0.05, 0.1) is 5.69 Å². The third kappa shape index (κ3) is 4.72. The first-order valence-corrected chi connectivity index (χ1v) is 12.4. The van der Waals surface area contributed by atoms with Crippen LogP contribution in [0.5, 0.6) is 5.75 Å². The van der Waals surface area contributed by atoms with Crippen LogP contribution in [0.2, 0.25) is 0 Å². The minimum Gasteiger partial charge on any atom is -0.483 e. The van der Waals surface area contributed by atoms with Crippen molar-refractivity contribution in [2.45, 2.75) is 32.6 Å². The van der Waals surface area contributed by atoms with E-state index in [-0.39, 0.29) is 18.1 Å². The van der Waals surface area contributed by atoms with Crippen LogP contribution in [0.15, 0.2) is 58.7 Å². The maximum atomic E-state index is 12.5. The van der Waals surface area contributed by atoms with E-state index in [4.69, 9.17) is 4.74 Å². The number of likely N-dealkylation sites (tertiary alicyclic amines) is 1. The number of piperidine rings is 1. The minimum atomic E-state index is -0.296. The number of aryl methyl sites for hydroxylation is 1. The number of amides is 1. The lowest BCUT2D eigenvalue weighted by Crippen LogP contribution is -2.38. The van der Waals surface area contributed by atoms with E-state index in [1.807, 2.05) is 65.7 Å². The van der Waals surface area contributed by atoms with Gasteiger partial charge in [0.15, 0.2) is 6.61 Å². The molecule has 0 bridgehead atoms. The number of benzene rings is 2. The summed E-state index contributed by atoms with van der Waals surface area (Å²) < 4.78 is 7.58. The minimum absolute atomic E-state index is 0.0391. The standard InChI is InChI=1S/C26H26N4O3S/c1-18-14-20(10-11-23(18)33-16-24(31)29-12-6-3-7-13-29)22-17-34-26-27-25(32)21(28-30(22)26)15-19-8-4-2-5-9-19/h2,4-5,8-11,14,17H,3,6-7,12-13,15-16H2,1H3. The maximum Gasteiger partial charge on any atom is 0.296 e. The lowest BCUT2D eigenvalue weighted by Gasteiger charge is -2.26. The Morgan fingerprint density at radius 3 is 2.65 bits per heavy atom. The summed E-state index contributed by atoms with van der Waals surface area (Å²) in [6.07, 6.45) is 3.75. The molecule has 1 saturated heterocycles. The highest BCUT2D eigenvalue weighted by Crippen LogP contribution is 2.29. The molecule has 4 aromatic rings. The van der Waals surface area contributed by atoms with Gasteiger partial charge in [0.1, 0.15) is 11.4 Å². The molecular weight excluding hydrogens is 448 g/mol. The first-order chi connectivity index (χ1) is 16.6. The van der Waals surface area contributed by atoms with Crippen molar-refractivity contribution < 1.29 is 9.53 Å². The van der Waals surface area contributed by atoms with E-state index in [2.05, 4.69) is 10.1 Å². The highest BCUT2D eigenvalue weighted by molar-refractivity contribution is 7.15. The van der Waals surface area contributed by atoms with E-state index >= 15 is 0 Å². The number of thiazole rings is 1. The number of hydrogen-bond acceptors (Lipinski definition) is 6. The van der Waals surface area contributed by atoms with Gasteiger partial charge in [-0.05, 0) is 55.5 Å². The number of hydrogen-bond donors (Lipinski definition) is 0. The van der Waals surface area contributed by atoms with Gasteiger partial charge in [-0.1, -0.05) is 30.3 Å². The summed E-state index contributed by atoms with van der Waals surface area (Å²) >= 11 is 1.39. The van der Waals surface area contributed by atoms with Crippen molar-refractivity contribution in [3.8, 4) is 17.0 Å². The van der Waals surface area contributed by atoms with E-state index in [0.29, 0.717) is 22.8 Å². The predicted octanol–water partition coefficient (Wildman–Crippen LogP) is 4.11. The third-order valence-corrected chi connectivity index (χ3v) is 6.91. The molecule has 1 fully saturated rings. The van der Waals surface area contributed by atoms with Crippen molar-refractivity contribution in [1.29, 1.82) is 0 Å². The highest BCUT2D eigenvalue weighted by Gasteiger charge is 2.18. The van der Waals surface area contributed by atoms with Crippen LogP contribution in [0.4, 0.5) is 0 Å². The Morgan fingerprint density at radius 2 is 1.88 bits per heavy atom. The van der Waals surface area contributed by atoms with Crippen molar-refractivity contribution in [3.05, 3.63) is 81.1 Å². The van der Waals surface area contributed by atoms with Gasteiger partial charge in [-0.2, -0.15) is 10.1 Å².